The van der Waals surface area contributed by atoms with Gasteiger partial charge in [0.25, 0.3) is 10.0 Å². The Morgan fingerprint density at radius 2 is 1.56 bits per heavy atom. The average Bonchev–Trinajstić information content (AvgIpc) is 3.04. The molecule has 45 heavy (non-hydrogen) atoms. The third-order valence-corrected chi connectivity index (χ3v) is 9.06. The summed E-state index contributed by atoms with van der Waals surface area (Å²) in [6.45, 7) is 5.49. The smallest absolute Gasteiger partial charge is 0.265 e. The van der Waals surface area contributed by atoms with E-state index in [1.54, 1.807) is 19.1 Å². The third-order valence-electron chi connectivity index (χ3n) is 7.31. The number of unbranched alkanes of at least 4 members (excludes halogenated alkanes) is 1. The number of hydrogen-bond acceptors (Lipinski definition) is 8. The molecule has 0 heterocycles. The molecule has 12 heteroatoms. The largest absolute Gasteiger partial charge is 0.497 e. The molecule has 3 aromatic rings. The quantitative estimate of drug-likeness (QED) is 0.226. The van der Waals surface area contributed by atoms with E-state index in [2.05, 4.69) is 5.32 Å². The van der Waals surface area contributed by atoms with Crippen LogP contribution in [0.3, 0.4) is 0 Å². The highest BCUT2D eigenvalue weighted by molar-refractivity contribution is 7.92. The van der Waals surface area contributed by atoms with Gasteiger partial charge in [-0.25, -0.2) is 8.42 Å². The maximum Gasteiger partial charge on any atom is 0.265 e. The number of carbonyl (C=O) groups is 2. The Morgan fingerprint density at radius 3 is 2.18 bits per heavy atom. The molecule has 0 unspecified atom stereocenters. The fourth-order valence-corrected chi connectivity index (χ4v) is 6.17. The number of anilines is 1. The first kappa shape index (κ1) is 35.0. The number of sulfonamides is 1. The minimum atomic E-state index is -4.43. The van der Waals surface area contributed by atoms with Crippen LogP contribution in [-0.4, -0.2) is 72.7 Å². The fourth-order valence-electron chi connectivity index (χ4n) is 4.74. The molecule has 1 N–H and O–H groups in total. The van der Waals surface area contributed by atoms with Gasteiger partial charge in [0.1, 0.15) is 24.1 Å². The monoisotopic (exact) mass is 641 g/mol. The number of aryl methyl sites for hydroxylation is 1. The SMILES string of the molecule is CCCCNC(=O)[C@H](C)N(Cc1cccc(C)c1)C(=O)CN(c1cc(OC)ccc1OC)S(=O)(=O)c1ccc(OC)c(OC)c1. The van der Waals surface area contributed by atoms with Gasteiger partial charge in [-0.05, 0) is 50.1 Å². The number of carbonyl (C=O) groups excluding carboxylic acids is 2. The molecule has 0 aliphatic carbocycles. The van der Waals surface area contributed by atoms with Crippen molar-refractivity contribution in [3.63, 3.8) is 0 Å². The normalized spacial score (nSPS) is 11.7. The van der Waals surface area contributed by atoms with Gasteiger partial charge in [-0.2, -0.15) is 0 Å². The molecule has 0 saturated carbocycles. The van der Waals surface area contributed by atoms with Gasteiger partial charge in [0.2, 0.25) is 11.8 Å². The molecule has 11 nitrogen and oxygen atoms in total. The lowest BCUT2D eigenvalue weighted by Crippen LogP contribution is -2.51. The molecule has 0 radical (unpaired) electrons. The summed E-state index contributed by atoms with van der Waals surface area (Å²) in [7, 11) is 1.27. The highest BCUT2D eigenvalue weighted by Crippen LogP contribution is 2.37. The zero-order chi connectivity index (χ0) is 33.1. The van der Waals surface area contributed by atoms with E-state index in [0.717, 1.165) is 28.3 Å². The van der Waals surface area contributed by atoms with Gasteiger partial charge >= 0.3 is 0 Å². The number of methoxy groups -OCH3 is 4. The van der Waals surface area contributed by atoms with Crippen LogP contribution in [0.1, 0.15) is 37.8 Å². The molecule has 0 saturated heterocycles. The molecule has 0 aliphatic rings. The molecule has 0 fully saturated rings. The Labute approximate surface area is 266 Å². The second-order valence-electron chi connectivity index (χ2n) is 10.4. The van der Waals surface area contributed by atoms with Gasteiger partial charge < -0.3 is 29.2 Å². The zero-order valence-electron chi connectivity index (χ0n) is 27.0. The van der Waals surface area contributed by atoms with Crippen molar-refractivity contribution in [2.24, 2.45) is 0 Å². The average molecular weight is 642 g/mol. The Balaban J connectivity index is 2.15. The third kappa shape index (κ3) is 8.59. The van der Waals surface area contributed by atoms with Crippen molar-refractivity contribution in [2.45, 2.75) is 51.1 Å². The summed E-state index contributed by atoms with van der Waals surface area (Å²) < 4.78 is 51.3. The summed E-state index contributed by atoms with van der Waals surface area (Å²) in [5, 5.41) is 2.89. The Hall–Kier alpha value is -4.45. The maximum atomic E-state index is 14.4. The summed E-state index contributed by atoms with van der Waals surface area (Å²) in [5.41, 5.74) is 1.86. The van der Waals surface area contributed by atoms with Gasteiger partial charge in [0.15, 0.2) is 11.5 Å². The van der Waals surface area contributed by atoms with E-state index in [4.69, 9.17) is 18.9 Å². The van der Waals surface area contributed by atoms with Crippen molar-refractivity contribution < 1.29 is 37.0 Å². The Bertz CT molecular complexity index is 1580. The van der Waals surface area contributed by atoms with Crippen LogP contribution in [0.5, 0.6) is 23.0 Å². The van der Waals surface area contributed by atoms with Gasteiger partial charge in [0, 0.05) is 25.2 Å². The molecular weight excluding hydrogens is 598 g/mol. The fraction of sp³-hybridized carbons (Fsp3) is 0.394. The minimum Gasteiger partial charge on any atom is -0.497 e. The minimum absolute atomic E-state index is 0.0792. The highest BCUT2D eigenvalue weighted by Gasteiger charge is 2.34. The van der Waals surface area contributed by atoms with Gasteiger partial charge in [-0.3, -0.25) is 13.9 Å². The van der Waals surface area contributed by atoms with Crippen molar-refractivity contribution in [1.29, 1.82) is 0 Å². The van der Waals surface area contributed by atoms with E-state index in [9.17, 15) is 18.0 Å². The van der Waals surface area contributed by atoms with E-state index in [1.807, 2.05) is 38.1 Å². The molecule has 0 aliphatic heterocycles. The molecule has 2 amide bonds. The van der Waals surface area contributed by atoms with Gasteiger partial charge in [-0.15, -0.1) is 0 Å². The van der Waals surface area contributed by atoms with Crippen LogP contribution in [0.2, 0.25) is 0 Å². The number of amides is 2. The Morgan fingerprint density at radius 1 is 0.867 bits per heavy atom. The summed E-state index contributed by atoms with van der Waals surface area (Å²) >= 11 is 0. The number of nitrogens with one attached hydrogen (secondary N) is 1. The van der Waals surface area contributed by atoms with E-state index in [1.165, 1.54) is 57.6 Å². The van der Waals surface area contributed by atoms with E-state index >= 15 is 0 Å². The van der Waals surface area contributed by atoms with Crippen LogP contribution < -0.4 is 28.6 Å². The van der Waals surface area contributed by atoms with Gasteiger partial charge in [-0.1, -0.05) is 43.2 Å². The van der Waals surface area contributed by atoms with Crippen molar-refractivity contribution in [3.8, 4) is 23.0 Å². The van der Waals surface area contributed by atoms with Crippen molar-refractivity contribution in [3.05, 3.63) is 71.8 Å². The molecule has 3 rings (SSSR count). The van der Waals surface area contributed by atoms with Crippen LogP contribution in [0.4, 0.5) is 5.69 Å². The van der Waals surface area contributed by atoms with Crippen molar-refractivity contribution in [2.75, 3.05) is 45.8 Å². The van der Waals surface area contributed by atoms with E-state index < -0.39 is 28.5 Å². The first-order valence-corrected chi connectivity index (χ1v) is 16.0. The lowest BCUT2D eigenvalue weighted by molar-refractivity contribution is -0.139. The lowest BCUT2D eigenvalue weighted by Gasteiger charge is -2.32. The summed E-state index contributed by atoms with van der Waals surface area (Å²) in [4.78, 5) is 28.7. The second kappa shape index (κ2) is 16.0. The first-order chi connectivity index (χ1) is 21.5. The molecule has 0 aromatic heterocycles. The van der Waals surface area contributed by atoms with Crippen LogP contribution in [-0.2, 0) is 26.2 Å². The van der Waals surface area contributed by atoms with Gasteiger partial charge in [0.05, 0.1) is 39.0 Å². The standard InChI is InChI=1S/C33H43N3O8S/c1-8-9-17-34-33(38)24(3)35(21-25-12-10-11-23(2)18-25)32(37)22-36(28-19-26(41-4)13-15-29(28)42-5)45(39,40)27-14-16-30(43-6)31(20-27)44-7/h10-16,18-20,24H,8-9,17,21-22H2,1-7H3,(H,34,38)/t24-/m0/s1. The summed E-state index contributed by atoms with van der Waals surface area (Å²) in [6, 6.07) is 15.5. The number of hydrogen-bond donors (Lipinski definition) is 1. The molecule has 1 atom stereocenters. The zero-order valence-corrected chi connectivity index (χ0v) is 27.8. The number of rotatable bonds is 16. The predicted molar refractivity (Wildman–Crippen MR) is 173 cm³/mol. The molecule has 244 valence electrons. The highest BCUT2D eigenvalue weighted by atomic mass is 32.2. The molecule has 0 bridgehead atoms. The van der Waals surface area contributed by atoms with E-state index in [0.29, 0.717) is 18.0 Å². The second-order valence-corrected chi connectivity index (χ2v) is 12.3. The van der Waals surface area contributed by atoms with Crippen LogP contribution in [0.15, 0.2) is 65.6 Å². The topological polar surface area (TPSA) is 124 Å². The summed E-state index contributed by atoms with van der Waals surface area (Å²) in [6.07, 6.45) is 1.68. The molecular formula is C33H43N3O8S. The number of ether oxygens (including phenoxy) is 4. The van der Waals surface area contributed by atoms with Crippen LogP contribution in [0, 0.1) is 6.92 Å². The summed E-state index contributed by atoms with van der Waals surface area (Å²) in [5.74, 6) is 0.154. The Kier molecular flexibility index (Phi) is 12.5. The van der Waals surface area contributed by atoms with Crippen molar-refractivity contribution >= 4 is 27.5 Å². The molecule has 0 spiro atoms. The van der Waals surface area contributed by atoms with Crippen LogP contribution in [0.25, 0.3) is 0 Å². The molecule has 3 aromatic carbocycles. The predicted octanol–water partition coefficient (Wildman–Crippen LogP) is 4.56. The number of nitrogens with zero attached hydrogens (tertiary/aromatic N) is 2. The number of benzene rings is 3. The van der Waals surface area contributed by atoms with Crippen molar-refractivity contribution in [1.82, 2.24) is 10.2 Å². The van der Waals surface area contributed by atoms with E-state index in [-0.39, 0.29) is 34.5 Å². The maximum absolute atomic E-state index is 14.4. The van der Waals surface area contributed by atoms with Crippen LogP contribution >= 0.6 is 0 Å². The first-order valence-electron chi connectivity index (χ1n) is 14.6. The lowest BCUT2D eigenvalue weighted by atomic mass is 10.1.